The van der Waals surface area contributed by atoms with Crippen LogP contribution in [0.2, 0.25) is 0 Å². The molecule has 10 heavy (non-hydrogen) atoms. The minimum Gasteiger partial charge on any atom is -0.512 e. The predicted octanol–water partition coefficient (Wildman–Crippen LogP) is 3.47. The Hall–Kier alpha value is 0.627. The fraction of sp³-hybridized carbons (Fsp3) is 0.600. The molecular weight excluding hydrogens is 210 g/mol. The van der Waals surface area contributed by atoms with E-state index in [1.807, 2.05) is 13.8 Å². The van der Waals surface area contributed by atoms with Crippen LogP contribution in [0.25, 0.3) is 0 Å². The molecule has 0 saturated carbocycles. The van der Waals surface area contributed by atoms with Gasteiger partial charge in [-0.25, -0.2) is 0 Å². The molecule has 0 spiro atoms. The normalized spacial score (nSPS) is 13.5. The summed E-state index contributed by atoms with van der Waals surface area (Å²) in [6.45, 7) is 3.80. The number of rotatable bonds is 3. The van der Waals surface area contributed by atoms with Crippen LogP contribution in [0.15, 0.2) is 11.8 Å². The number of hydrogen-bond acceptors (Lipinski definition) is 1. The lowest BCUT2D eigenvalue weighted by Crippen LogP contribution is -2.15. The maximum atomic E-state index is 5.49. The van der Waals surface area contributed by atoms with E-state index >= 15 is 0 Å². The van der Waals surface area contributed by atoms with Crippen molar-refractivity contribution in [3.8, 4) is 0 Å². The van der Waals surface area contributed by atoms with Gasteiger partial charge in [-0.3, -0.25) is 0 Å². The van der Waals surface area contributed by atoms with Crippen molar-refractivity contribution in [2.45, 2.75) is 20.3 Å². The fourth-order valence-electron chi connectivity index (χ4n) is 0.484. The standard InChI is InChI=1S/C5H9Cl3OSi/c1-3-5(4-2)9-10(6,7)8/h3H,4H2,1-2H3. The molecule has 0 amide bonds. The van der Waals surface area contributed by atoms with Crippen LogP contribution in [0.1, 0.15) is 20.3 Å². The topological polar surface area (TPSA) is 9.23 Å². The summed E-state index contributed by atoms with van der Waals surface area (Å²) >= 11 is 16.5. The second kappa shape index (κ2) is 4.49. The molecular formula is C5H9Cl3OSi. The van der Waals surface area contributed by atoms with Crippen LogP contribution in [0, 0.1) is 0 Å². The quantitative estimate of drug-likeness (QED) is 0.401. The van der Waals surface area contributed by atoms with Crippen molar-refractivity contribution in [1.82, 2.24) is 0 Å². The van der Waals surface area contributed by atoms with Crippen LogP contribution in [0.4, 0.5) is 0 Å². The SMILES string of the molecule is CC=C(CC)O[Si](Cl)(Cl)Cl. The fourth-order valence-corrected chi connectivity index (χ4v) is 1.94. The molecule has 0 unspecified atom stereocenters. The summed E-state index contributed by atoms with van der Waals surface area (Å²) in [5.74, 6) is 0.742. The van der Waals surface area contributed by atoms with Crippen molar-refractivity contribution in [2.24, 2.45) is 0 Å². The molecule has 0 bridgehead atoms. The van der Waals surface area contributed by atoms with Gasteiger partial charge in [0.05, 0.1) is 5.76 Å². The highest BCUT2D eigenvalue weighted by Gasteiger charge is 2.30. The molecule has 0 aromatic rings. The highest BCUT2D eigenvalue weighted by molar-refractivity contribution is 7.62. The molecule has 0 aromatic carbocycles. The third kappa shape index (κ3) is 5.41. The first-order valence-electron chi connectivity index (χ1n) is 2.90. The first-order chi connectivity index (χ1) is 4.49. The lowest BCUT2D eigenvalue weighted by Gasteiger charge is -2.12. The van der Waals surface area contributed by atoms with E-state index < -0.39 is 6.25 Å². The summed E-state index contributed by atoms with van der Waals surface area (Å²) in [4.78, 5) is 0. The Kier molecular flexibility index (Phi) is 4.78. The molecule has 0 aliphatic rings. The Morgan fingerprint density at radius 2 is 2.00 bits per heavy atom. The Morgan fingerprint density at radius 1 is 1.50 bits per heavy atom. The van der Waals surface area contributed by atoms with Gasteiger partial charge >= 0.3 is 6.25 Å². The highest BCUT2D eigenvalue weighted by Crippen LogP contribution is 2.25. The van der Waals surface area contributed by atoms with E-state index in [9.17, 15) is 0 Å². The zero-order chi connectivity index (χ0) is 8.20. The van der Waals surface area contributed by atoms with E-state index in [4.69, 9.17) is 37.7 Å². The third-order valence-electron chi connectivity index (χ3n) is 0.917. The van der Waals surface area contributed by atoms with Gasteiger partial charge in [0.1, 0.15) is 0 Å². The van der Waals surface area contributed by atoms with Crippen LogP contribution in [-0.2, 0) is 4.43 Å². The average molecular weight is 220 g/mol. The van der Waals surface area contributed by atoms with Gasteiger partial charge in [-0.1, -0.05) is 46.2 Å². The van der Waals surface area contributed by atoms with E-state index in [1.165, 1.54) is 0 Å². The molecule has 0 saturated heterocycles. The monoisotopic (exact) mass is 218 g/mol. The predicted molar refractivity (Wildman–Crippen MR) is 48.4 cm³/mol. The molecule has 0 heterocycles. The Balaban J connectivity index is 3.88. The first kappa shape index (κ1) is 10.6. The number of allylic oxidation sites excluding steroid dienone is 2. The molecule has 0 N–H and O–H groups in total. The molecule has 0 aliphatic heterocycles. The van der Waals surface area contributed by atoms with E-state index in [-0.39, 0.29) is 0 Å². The van der Waals surface area contributed by atoms with E-state index in [1.54, 1.807) is 6.08 Å². The maximum Gasteiger partial charge on any atom is 0.555 e. The molecule has 1 nitrogen and oxygen atoms in total. The van der Waals surface area contributed by atoms with Crippen LogP contribution >= 0.6 is 33.2 Å². The lowest BCUT2D eigenvalue weighted by molar-refractivity contribution is 0.433. The van der Waals surface area contributed by atoms with Crippen LogP contribution in [0.3, 0.4) is 0 Å². The Bertz CT molecular complexity index is 129. The van der Waals surface area contributed by atoms with Crippen molar-refractivity contribution in [1.29, 1.82) is 0 Å². The minimum atomic E-state index is -2.91. The second-order valence-electron chi connectivity index (χ2n) is 1.66. The summed E-state index contributed by atoms with van der Waals surface area (Å²) < 4.78 is 5.03. The molecule has 0 atom stereocenters. The Morgan fingerprint density at radius 3 is 2.10 bits per heavy atom. The van der Waals surface area contributed by atoms with Crippen LogP contribution in [0.5, 0.6) is 0 Å². The molecule has 60 valence electrons. The third-order valence-corrected chi connectivity index (χ3v) is 2.11. The average Bonchev–Trinajstić information content (AvgIpc) is 1.81. The molecule has 5 heteroatoms. The van der Waals surface area contributed by atoms with Gasteiger partial charge in [-0.05, 0) is 6.92 Å². The van der Waals surface area contributed by atoms with Gasteiger partial charge in [0.15, 0.2) is 0 Å². The molecule has 0 aliphatic carbocycles. The molecule has 0 rings (SSSR count). The highest BCUT2D eigenvalue weighted by atomic mass is 35.8. The lowest BCUT2D eigenvalue weighted by atomic mass is 10.4. The zero-order valence-electron chi connectivity index (χ0n) is 5.83. The summed E-state index contributed by atoms with van der Waals surface area (Å²) in [5.41, 5.74) is 0. The number of hydrogen-bond donors (Lipinski definition) is 0. The van der Waals surface area contributed by atoms with Gasteiger partial charge in [-0.15, -0.1) is 0 Å². The van der Waals surface area contributed by atoms with Crippen LogP contribution < -0.4 is 0 Å². The second-order valence-corrected chi connectivity index (χ2v) is 9.28. The summed E-state index contributed by atoms with van der Waals surface area (Å²) in [6.07, 6.45) is -0.352. The van der Waals surface area contributed by atoms with Crippen molar-refractivity contribution >= 4 is 39.5 Å². The smallest absolute Gasteiger partial charge is 0.512 e. The zero-order valence-corrected chi connectivity index (χ0v) is 9.09. The maximum absolute atomic E-state index is 5.49. The van der Waals surface area contributed by atoms with Gasteiger partial charge < -0.3 is 4.43 Å². The Labute approximate surface area is 76.2 Å². The van der Waals surface area contributed by atoms with Crippen molar-refractivity contribution in [3.05, 3.63) is 11.8 Å². The summed E-state index contributed by atoms with van der Waals surface area (Å²) in [7, 11) is 0. The van der Waals surface area contributed by atoms with Crippen molar-refractivity contribution in [3.63, 3.8) is 0 Å². The van der Waals surface area contributed by atoms with E-state index in [2.05, 4.69) is 0 Å². The summed E-state index contributed by atoms with van der Waals surface area (Å²) in [5, 5.41) is 0. The first-order valence-corrected chi connectivity index (χ1v) is 7.85. The van der Waals surface area contributed by atoms with Gasteiger partial charge in [0, 0.05) is 6.42 Å². The van der Waals surface area contributed by atoms with Crippen molar-refractivity contribution < 1.29 is 4.43 Å². The summed E-state index contributed by atoms with van der Waals surface area (Å²) in [6, 6.07) is 0. The van der Waals surface area contributed by atoms with Gasteiger partial charge in [-0.2, -0.15) is 0 Å². The minimum absolute atomic E-state index is 0.742. The molecule has 0 radical (unpaired) electrons. The van der Waals surface area contributed by atoms with Crippen molar-refractivity contribution in [2.75, 3.05) is 0 Å². The molecule has 0 aromatic heterocycles. The van der Waals surface area contributed by atoms with E-state index in [0.29, 0.717) is 0 Å². The van der Waals surface area contributed by atoms with Crippen LogP contribution in [-0.4, -0.2) is 6.25 Å². The van der Waals surface area contributed by atoms with E-state index in [0.717, 1.165) is 12.2 Å². The van der Waals surface area contributed by atoms with Gasteiger partial charge in [0.2, 0.25) is 0 Å². The van der Waals surface area contributed by atoms with Gasteiger partial charge in [0.25, 0.3) is 0 Å². The molecule has 0 fully saturated rings. The largest absolute Gasteiger partial charge is 0.555 e. The number of halogens is 3.